The van der Waals surface area contributed by atoms with E-state index in [0.29, 0.717) is 5.02 Å². The second kappa shape index (κ2) is 6.24. The van der Waals surface area contributed by atoms with Gasteiger partial charge >= 0.3 is 0 Å². The number of nitrogens with zero attached hydrogens (tertiary/aromatic N) is 1. The van der Waals surface area contributed by atoms with Gasteiger partial charge < -0.3 is 15.8 Å². The molecule has 0 saturated heterocycles. The number of hydrogen-bond donors (Lipinski definition) is 2. The van der Waals surface area contributed by atoms with Crippen LogP contribution in [-0.2, 0) is 4.79 Å². The molecule has 2 amide bonds. The van der Waals surface area contributed by atoms with Crippen LogP contribution in [0.4, 0.5) is 0 Å². The highest BCUT2D eigenvalue weighted by Crippen LogP contribution is 2.39. The maximum absolute atomic E-state index is 11.9. The van der Waals surface area contributed by atoms with E-state index in [1.807, 2.05) is 0 Å². The Hall–Kier alpha value is -2.26. The summed E-state index contributed by atoms with van der Waals surface area (Å²) in [6.07, 6.45) is 1.85. The number of halogens is 1. The van der Waals surface area contributed by atoms with Crippen molar-refractivity contribution in [2.75, 3.05) is 6.61 Å². The third-order valence-electron chi connectivity index (χ3n) is 3.59. The van der Waals surface area contributed by atoms with Gasteiger partial charge in [-0.15, -0.1) is 0 Å². The quantitative estimate of drug-likeness (QED) is 0.830. The van der Waals surface area contributed by atoms with Gasteiger partial charge in [0.05, 0.1) is 11.6 Å². The number of nitriles is 1. The first-order chi connectivity index (χ1) is 10.4. The van der Waals surface area contributed by atoms with Crippen LogP contribution in [-0.4, -0.2) is 24.0 Å². The third kappa shape index (κ3) is 3.68. The summed E-state index contributed by atoms with van der Waals surface area (Å²) in [5.41, 5.74) is 4.46. The van der Waals surface area contributed by atoms with Crippen LogP contribution in [0.3, 0.4) is 0 Å². The Morgan fingerprint density at radius 1 is 1.55 bits per heavy atom. The molecule has 0 aliphatic heterocycles. The molecular weight excluding hydrogens is 306 g/mol. The average Bonchev–Trinajstić information content (AvgIpc) is 3.30. The second-order valence-corrected chi connectivity index (χ2v) is 5.87. The highest BCUT2D eigenvalue weighted by atomic mass is 35.5. The molecule has 7 heteroatoms. The molecular formula is C15H16ClN3O3. The molecule has 116 valence electrons. The van der Waals surface area contributed by atoms with E-state index in [0.717, 1.165) is 12.8 Å². The summed E-state index contributed by atoms with van der Waals surface area (Å²) >= 11 is 5.79. The summed E-state index contributed by atoms with van der Waals surface area (Å²) < 4.78 is 5.32. The fraction of sp³-hybridized carbons (Fsp3) is 0.400. The minimum absolute atomic E-state index is 0.102. The van der Waals surface area contributed by atoms with Crippen molar-refractivity contribution in [3.8, 4) is 11.8 Å². The Kier molecular flexibility index (Phi) is 4.57. The fourth-order valence-corrected chi connectivity index (χ4v) is 2.34. The number of carbonyl (C=O) groups is 2. The maximum Gasteiger partial charge on any atom is 0.259 e. The summed E-state index contributed by atoms with van der Waals surface area (Å²) in [5, 5.41) is 12.2. The number of primary amides is 1. The van der Waals surface area contributed by atoms with E-state index in [4.69, 9.17) is 22.1 Å². The zero-order valence-corrected chi connectivity index (χ0v) is 12.8. The van der Waals surface area contributed by atoms with Gasteiger partial charge in [-0.05, 0) is 43.9 Å². The monoisotopic (exact) mass is 321 g/mol. The lowest BCUT2D eigenvalue weighted by Crippen LogP contribution is -2.48. The molecule has 0 radical (unpaired) electrons. The molecule has 1 aromatic carbocycles. The minimum Gasteiger partial charge on any atom is -0.483 e. The molecule has 22 heavy (non-hydrogen) atoms. The minimum atomic E-state index is -0.882. The molecule has 1 saturated carbocycles. The van der Waals surface area contributed by atoms with E-state index in [1.54, 1.807) is 6.92 Å². The molecule has 3 N–H and O–H groups in total. The van der Waals surface area contributed by atoms with Crippen molar-refractivity contribution in [3.63, 3.8) is 0 Å². The van der Waals surface area contributed by atoms with Crippen LogP contribution in [0.25, 0.3) is 0 Å². The van der Waals surface area contributed by atoms with Gasteiger partial charge in [0, 0.05) is 5.02 Å². The van der Waals surface area contributed by atoms with Gasteiger partial charge in [-0.3, -0.25) is 9.59 Å². The average molecular weight is 322 g/mol. The molecule has 0 heterocycles. The topological polar surface area (TPSA) is 105 Å². The highest BCUT2D eigenvalue weighted by molar-refractivity contribution is 6.31. The van der Waals surface area contributed by atoms with Crippen LogP contribution in [0.1, 0.15) is 30.1 Å². The molecule has 1 fully saturated rings. The predicted molar refractivity (Wildman–Crippen MR) is 80.3 cm³/mol. The highest BCUT2D eigenvalue weighted by Gasteiger charge is 2.43. The SMILES string of the molecule is C[C@](C#N)(NC(=O)COc1ccc(Cl)cc1C(N)=O)C1CC1. The van der Waals surface area contributed by atoms with Crippen LogP contribution in [0.5, 0.6) is 5.75 Å². The predicted octanol–water partition coefficient (Wildman–Crippen LogP) is 1.63. The zero-order valence-electron chi connectivity index (χ0n) is 12.1. The van der Waals surface area contributed by atoms with Gasteiger partial charge in [0.1, 0.15) is 11.3 Å². The van der Waals surface area contributed by atoms with Crippen molar-refractivity contribution in [2.45, 2.75) is 25.3 Å². The normalized spacial score (nSPS) is 16.2. The van der Waals surface area contributed by atoms with Gasteiger partial charge in [-0.2, -0.15) is 5.26 Å². The number of benzene rings is 1. The summed E-state index contributed by atoms with van der Waals surface area (Å²) in [6, 6.07) is 6.51. The lowest BCUT2D eigenvalue weighted by molar-refractivity contribution is -0.124. The molecule has 1 atom stereocenters. The second-order valence-electron chi connectivity index (χ2n) is 5.43. The molecule has 0 aromatic heterocycles. The number of amides is 2. The Morgan fingerprint density at radius 3 is 2.77 bits per heavy atom. The smallest absolute Gasteiger partial charge is 0.259 e. The van der Waals surface area contributed by atoms with E-state index >= 15 is 0 Å². The molecule has 1 aromatic rings. The standard InChI is InChI=1S/C15H16ClN3O3/c1-15(8-17,9-2-3-9)19-13(20)7-22-12-5-4-10(16)6-11(12)14(18)21/h4-6,9H,2-3,7H2,1H3,(H2,18,21)(H,19,20)/t15-/m1/s1. The van der Waals surface area contributed by atoms with Crippen LogP contribution >= 0.6 is 11.6 Å². The maximum atomic E-state index is 11.9. The van der Waals surface area contributed by atoms with Crippen molar-refractivity contribution >= 4 is 23.4 Å². The first kappa shape index (κ1) is 16.1. The van der Waals surface area contributed by atoms with E-state index < -0.39 is 17.4 Å². The Balaban J connectivity index is 2.00. The number of nitrogens with two attached hydrogens (primary N) is 1. The van der Waals surface area contributed by atoms with E-state index in [9.17, 15) is 14.9 Å². The number of rotatable bonds is 6. The van der Waals surface area contributed by atoms with Crippen molar-refractivity contribution in [1.82, 2.24) is 5.32 Å². The lowest BCUT2D eigenvalue weighted by atomic mass is 9.98. The first-order valence-electron chi connectivity index (χ1n) is 6.80. The number of hydrogen-bond acceptors (Lipinski definition) is 4. The zero-order chi connectivity index (χ0) is 16.3. The summed E-state index contributed by atoms with van der Waals surface area (Å²) in [5.74, 6) is -0.769. The number of carbonyl (C=O) groups excluding carboxylic acids is 2. The molecule has 1 aliphatic rings. The van der Waals surface area contributed by atoms with E-state index in [1.165, 1.54) is 18.2 Å². The lowest BCUT2D eigenvalue weighted by Gasteiger charge is -2.22. The first-order valence-corrected chi connectivity index (χ1v) is 7.18. The van der Waals surface area contributed by atoms with Crippen molar-refractivity contribution in [1.29, 1.82) is 5.26 Å². The van der Waals surface area contributed by atoms with Crippen LogP contribution in [0.2, 0.25) is 5.02 Å². The van der Waals surface area contributed by atoms with Gasteiger partial charge in [0.15, 0.2) is 6.61 Å². The molecule has 6 nitrogen and oxygen atoms in total. The van der Waals surface area contributed by atoms with Crippen LogP contribution in [0, 0.1) is 17.2 Å². The summed E-state index contributed by atoms with van der Waals surface area (Å²) in [6.45, 7) is 1.38. The third-order valence-corrected chi connectivity index (χ3v) is 3.83. The van der Waals surface area contributed by atoms with E-state index in [2.05, 4.69) is 11.4 Å². The van der Waals surface area contributed by atoms with Crippen molar-refractivity contribution < 1.29 is 14.3 Å². The van der Waals surface area contributed by atoms with Crippen molar-refractivity contribution in [3.05, 3.63) is 28.8 Å². The van der Waals surface area contributed by atoms with Crippen molar-refractivity contribution in [2.24, 2.45) is 11.7 Å². The molecule has 0 unspecified atom stereocenters. The molecule has 0 spiro atoms. The van der Waals surface area contributed by atoms with Gasteiger partial charge in [0.25, 0.3) is 11.8 Å². The van der Waals surface area contributed by atoms with Gasteiger partial charge in [0.2, 0.25) is 0 Å². The Morgan fingerprint density at radius 2 is 2.23 bits per heavy atom. The van der Waals surface area contributed by atoms with Crippen LogP contribution < -0.4 is 15.8 Å². The fourth-order valence-electron chi connectivity index (χ4n) is 2.17. The molecule has 2 rings (SSSR count). The molecule has 0 bridgehead atoms. The van der Waals surface area contributed by atoms with Crippen LogP contribution in [0.15, 0.2) is 18.2 Å². The summed E-state index contributed by atoms with van der Waals surface area (Å²) in [4.78, 5) is 23.3. The van der Waals surface area contributed by atoms with Gasteiger partial charge in [-0.1, -0.05) is 11.6 Å². The Bertz CT molecular complexity index is 652. The van der Waals surface area contributed by atoms with E-state index in [-0.39, 0.29) is 23.8 Å². The largest absolute Gasteiger partial charge is 0.483 e. The molecule has 1 aliphatic carbocycles. The number of ether oxygens (including phenoxy) is 1. The van der Waals surface area contributed by atoms with Gasteiger partial charge in [-0.25, -0.2) is 0 Å². The number of nitrogens with one attached hydrogen (secondary N) is 1. The Labute approximate surface area is 133 Å². The summed E-state index contributed by atoms with van der Waals surface area (Å²) in [7, 11) is 0.